The lowest BCUT2D eigenvalue weighted by molar-refractivity contribution is -0.121. The topological polar surface area (TPSA) is 67.6 Å². The minimum atomic E-state index is -0.373. The summed E-state index contributed by atoms with van der Waals surface area (Å²) in [6.45, 7) is 4.58. The molecule has 0 aromatic heterocycles. The lowest BCUT2D eigenvalue weighted by Gasteiger charge is -2.36. The third-order valence-corrected chi connectivity index (χ3v) is 3.41. The Labute approximate surface area is 113 Å². The van der Waals surface area contributed by atoms with Crippen LogP contribution in [0.1, 0.15) is 11.1 Å². The zero-order valence-corrected chi connectivity index (χ0v) is 11.5. The van der Waals surface area contributed by atoms with Crippen LogP contribution in [0, 0.1) is 6.92 Å². The molecule has 5 heteroatoms. The Kier molecular flexibility index (Phi) is 4.39. The van der Waals surface area contributed by atoms with Crippen molar-refractivity contribution < 1.29 is 9.53 Å². The van der Waals surface area contributed by atoms with E-state index in [-0.39, 0.29) is 11.9 Å². The maximum atomic E-state index is 11.5. The molecule has 1 amide bonds. The van der Waals surface area contributed by atoms with Gasteiger partial charge in [0.05, 0.1) is 13.2 Å². The Balaban J connectivity index is 2.26. The van der Waals surface area contributed by atoms with Gasteiger partial charge in [0, 0.05) is 18.8 Å². The number of carbonyl (C=O) groups excluding carboxylic acids is 1. The highest BCUT2D eigenvalue weighted by Crippen LogP contribution is 2.25. The largest absolute Gasteiger partial charge is 0.377 e. The van der Waals surface area contributed by atoms with Gasteiger partial charge in [-0.25, -0.2) is 0 Å². The molecule has 1 heterocycles. The van der Waals surface area contributed by atoms with Gasteiger partial charge in [-0.1, -0.05) is 12.1 Å². The summed E-state index contributed by atoms with van der Waals surface area (Å²) in [5.74, 6) is -0.335. The van der Waals surface area contributed by atoms with E-state index in [1.165, 1.54) is 5.56 Å². The van der Waals surface area contributed by atoms with Crippen LogP contribution in [0.2, 0.25) is 0 Å². The molecule has 1 atom stereocenters. The highest BCUT2D eigenvalue weighted by molar-refractivity contribution is 5.84. The fraction of sp³-hybridized carbons (Fsp3) is 0.500. The minimum absolute atomic E-state index is 0.335. The van der Waals surface area contributed by atoms with Crippen LogP contribution in [-0.4, -0.2) is 38.8 Å². The van der Waals surface area contributed by atoms with Crippen molar-refractivity contribution in [3.8, 4) is 0 Å². The van der Waals surface area contributed by atoms with Gasteiger partial charge in [0.25, 0.3) is 0 Å². The predicted molar refractivity (Wildman–Crippen MR) is 75.1 cm³/mol. The van der Waals surface area contributed by atoms with Crippen molar-refractivity contribution in [2.75, 3.05) is 31.7 Å². The molecule has 1 fully saturated rings. The van der Waals surface area contributed by atoms with Crippen molar-refractivity contribution in [3.63, 3.8) is 0 Å². The van der Waals surface area contributed by atoms with E-state index in [2.05, 4.69) is 30.4 Å². The zero-order valence-electron chi connectivity index (χ0n) is 11.5. The molecule has 0 saturated carbocycles. The Morgan fingerprint density at radius 1 is 1.58 bits per heavy atom. The Bertz CT molecular complexity index is 462. The summed E-state index contributed by atoms with van der Waals surface area (Å²) >= 11 is 0. The number of rotatable bonds is 4. The Morgan fingerprint density at radius 3 is 3.00 bits per heavy atom. The minimum Gasteiger partial charge on any atom is -0.377 e. The second-order valence-corrected chi connectivity index (χ2v) is 4.84. The van der Waals surface area contributed by atoms with Gasteiger partial charge in [-0.2, -0.15) is 0 Å². The number of benzene rings is 1. The van der Waals surface area contributed by atoms with Gasteiger partial charge in [-0.3, -0.25) is 4.79 Å². The summed E-state index contributed by atoms with van der Waals surface area (Å²) in [6.07, 6.45) is 0. The first kappa shape index (κ1) is 13.8. The van der Waals surface area contributed by atoms with Gasteiger partial charge in [0.1, 0.15) is 6.04 Å². The Hall–Kier alpha value is -1.59. The number of nitrogens with one attached hydrogen (secondary N) is 1. The van der Waals surface area contributed by atoms with Gasteiger partial charge < -0.3 is 20.7 Å². The highest BCUT2D eigenvalue weighted by atomic mass is 16.5. The maximum absolute atomic E-state index is 11.5. The molecule has 2 rings (SSSR count). The van der Waals surface area contributed by atoms with Crippen molar-refractivity contribution >= 4 is 11.6 Å². The third-order valence-electron chi connectivity index (χ3n) is 3.41. The van der Waals surface area contributed by atoms with Gasteiger partial charge in [0.2, 0.25) is 5.91 Å². The summed E-state index contributed by atoms with van der Waals surface area (Å²) in [5, 5.41) is 3.13. The van der Waals surface area contributed by atoms with Crippen molar-refractivity contribution in [3.05, 3.63) is 29.3 Å². The predicted octanol–water partition coefficient (Wildman–Crippen LogP) is 0.405. The van der Waals surface area contributed by atoms with Gasteiger partial charge >= 0.3 is 0 Å². The molecule has 1 unspecified atom stereocenters. The molecule has 1 aliphatic rings. The SMILES string of the molecule is CNCc1ccc(N2CCOCC2C(N)=O)c(C)c1. The molecule has 3 N–H and O–H groups in total. The molecular weight excluding hydrogens is 242 g/mol. The number of amides is 1. The van der Waals surface area contributed by atoms with Crippen molar-refractivity contribution in [2.45, 2.75) is 19.5 Å². The normalized spacial score (nSPS) is 19.5. The van der Waals surface area contributed by atoms with E-state index in [1.807, 2.05) is 11.9 Å². The second-order valence-electron chi connectivity index (χ2n) is 4.84. The smallest absolute Gasteiger partial charge is 0.242 e. The molecule has 1 saturated heterocycles. The van der Waals surface area contributed by atoms with E-state index < -0.39 is 0 Å². The summed E-state index contributed by atoms with van der Waals surface area (Å²) in [5.41, 5.74) is 8.90. The molecule has 0 aliphatic carbocycles. The lowest BCUT2D eigenvalue weighted by atomic mass is 10.1. The first-order chi connectivity index (χ1) is 9.13. The molecule has 0 bridgehead atoms. The number of hydrogen-bond acceptors (Lipinski definition) is 4. The first-order valence-electron chi connectivity index (χ1n) is 6.51. The second kappa shape index (κ2) is 6.04. The van der Waals surface area contributed by atoms with Crippen LogP contribution in [-0.2, 0) is 16.1 Å². The number of primary amides is 1. The van der Waals surface area contributed by atoms with Crippen LogP contribution in [0.4, 0.5) is 5.69 Å². The number of hydrogen-bond donors (Lipinski definition) is 2. The van der Waals surface area contributed by atoms with E-state index in [0.717, 1.165) is 17.8 Å². The van der Waals surface area contributed by atoms with Crippen LogP contribution in [0.25, 0.3) is 0 Å². The van der Waals surface area contributed by atoms with E-state index in [4.69, 9.17) is 10.5 Å². The lowest BCUT2D eigenvalue weighted by Crippen LogP contribution is -2.52. The summed E-state index contributed by atoms with van der Waals surface area (Å²) in [4.78, 5) is 13.6. The molecule has 0 spiro atoms. The average Bonchev–Trinajstić information content (AvgIpc) is 2.39. The fourth-order valence-corrected chi connectivity index (χ4v) is 2.48. The molecule has 1 aromatic carbocycles. The number of ether oxygens (including phenoxy) is 1. The van der Waals surface area contributed by atoms with E-state index in [0.29, 0.717) is 19.8 Å². The molecule has 1 aliphatic heterocycles. The quantitative estimate of drug-likeness (QED) is 0.825. The molecule has 5 nitrogen and oxygen atoms in total. The van der Waals surface area contributed by atoms with E-state index in [1.54, 1.807) is 0 Å². The number of anilines is 1. The van der Waals surface area contributed by atoms with Crippen LogP contribution in [0.3, 0.4) is 0 Å². The molecular formula is C14H21N3O2. The number of morpholine rings is 1. The first-order valence-corrected chi connectivity index (χ1v) is 6.51. The van der Waals surface area contributed by atoms with Crippen molar-refractivity contribution in [1.29, 1.82) is 0 Å². The van der Waals surface area contributed by atoms with Gasteiger partial charge in [-0.05, 0) is 31.2 Å². The average molecular weight is 263 g/mol. The highest BCUT2D eigenvalue weighted by Gasteiger charge is 2.28. The van der Waals surface area contributed by atoms with Crippen LogP contribution < -0.4 is 16.0 Å². The zero-order chi connectivity index (χ0) is 13.8. The third kappa shape index (κ3) is 3.05. The van der Waals surface area contributed by atoms with Crippen LogP contribution in [0.15, 0.2) is 18.2 Å². The molecule has 1 aromatic rings. The number of nitrogens with zero attached hydrogens (tertiary/aromatic N) is 1. The molecule has 19 heavy (non-hydrogen) atoms. The number of nitrogens with two attached hydrogens (primary N) is 1. The summed E-state index contributed by atoms with van der Waals surface area (Å²) in [6, 6.07) is 5.90. The fourth-order valence-electron chi connectivity index (χ4n) is 2.48. The van der Waals surface area contributed by atoms with Crippen LogP contribution >= 0.6 is 0 Å². The van der Waals surface area contributed by atoms with Gasteiger partial charge in [0.15, 0.2) is 0 Å². The monoisotopic (exact) mass is 263 g/mol. The standard InChI is InChI=1S/C14H21N3O2/c1-10-7-11(8-16-2)3-4-12(10)17-5-6-19-9-13(17)14(15)18/h3-4,7,13,16H,5-6,8-9H2,1-2H3,(H2,15,18). The van der Waals surface area contributed by atoms with Crippen molar-refractivity contribution in [1.82, 2.24) is 5.32 Å². The number of carbonyl (C=O) groups is 1. The van der Waals surface area contributed by atoms with E-state index in [9.17, 15) is 4.79 Å². The maximum Gasteiger partial charge on any atom is 0.242 e. The van der Waals surface area contributed by atoms with Crippen molar-refractivity contribution in [2.24, 2.45) is 5.73 Å². The molecule has 104 valence electrons. The molecule has 0 radical (unpaired) electrons. The Morgan fingerprint density at radius 2 is 2.37 bits per heavy atom. The van der Waals surface area contributed by atoms with Gasteiger partial charge in [-0.15, -0.1) is 0 Å². The number of aryl methyl sites for hydroxylation is 1. The summed E-state index contributed by atoms with van der Waals surface area (Å²) in [7, 11) is 1.92. The van der Waals surface area contributed by atoms with E-state index >= 15 is 0 Å². The summed E-state index contributed by atoms with van der Waals surface area (Å²) < 4.78 is 5.34. The van der Waals surface area contributed by atoms with Crippen LogP contribution in [0.5, 0.6) is 0 Å².